The average molecular weight is 296 g/mol. The van der Waals surface area contributed by atoms with Gasteiger partial charge in [0.25, 0.3) is 0 Å². The lowest BCUT2D eigenvalue weighted by Crippen LogP contribution is -2.46. The summed E-state index contributed by atoms with van der Waals surface area (Å²) >= 11 is 0. The standard InChI is InChI=1S/C15H21FN2O3/c1-10(19)17-8-13-15(21)14(20)12(7-16)18(13)9-11-5-3-2-4-6-11/h2-6,12-15,20-21H,7-9H2,1H3,(H,17,19)/t12-,13-,14-,15-/m1/s1. The molecule has 0 aliphatic carbocycles. The maximum absolute atomic E-state index is 13.2. The summed E-state index contributed by atoms with van der Waals surface area (Å²) in [7, 11) is 0. The molecule has 21 heavy (non-hydrogen) atoms. The monoisotopic (exact) mass is 296 g/mol. The van der Waals surface area contributed by atoms with E-state index >= 15 is 0 Å². The number of halogens is 1. The molecule has 5 nitrogen and oxygen atoms in total. The van der Waals surface area contributed by atoms with Gasteiger partial charge in [0, 0.05) is 20.0 Å². The van der Waals surface area contributed by atoms with Crippen molar-refractivity contribution in [1.82, 2.24) is 10.2 Å². The van der Waals surface area contributed by atoms with Crippen molar-refractivity contribution in [2.24, 2.45) is 0 Å². The highest BCUT2D eigenvalue weighted by atomic mass is 19.1. The number of benzene rings is 1. The molecule has 1 aromatic carbocycles. The molecule has 1 aromatic rings. The van der Waals surface area contributed by atoms with Crippen LogP contribution in [0.15, 0.2) is 30.3 Å². The summed E-state index contributed by atoms with van der Waals surface area (Å²) in [6, 6.07) is 8.18. The van der Waals surface area contributed by atoms with Crippen molar-refractivity contribution in [1.29, 1.82) is 0 Å². The van der Waals surface area contributed by atoms with Gasteiger partial charge in [0.15, 0.2) is 0 Å². The first-order chi connectivity index (χ1) is 10.0. The van der Waals surface area contributed by atoms with E-state index in [0.717, 1.165) is 5.56 Å². The molecule has 0 aromatic heterocycles. The van der Waals surface area contributed by atoms with Crippen molar-refractivity contribution >= 4 is 5.91 Å². The first-order valence-electron chi connectivity index (χ1n) is 7.00. The minimum absolute atomic E-state index is 0.177. The molecule has 1 aliphatic rings. The molecule has 2 rings (SSSR count). The Morgan fingerprint density at radius 3 is 2.43 bits per heavy atom. The fourth-order valence-corrected chi connectivity index (χ4v) is 2.79. The Morgan fingerprint density at radius 1 is 1.24 bits per heavy atom. The van der Waals surface area contributed by atoms with Gasteiger partial charge in [-0.25, -0.2) is 4.39 Å². The van der Waals surface area contributed by atoms with Gasteiger partial charge < -0.3 is 15.5 Å². The molecular weight excluding hydrogens is 275 g/mol. The number of aliphatic hydroxyl groups excluding tert-OH is 2. The number of alkyl halides is 1. The second kappa shape index (κ2) is 6.98. The molecule has 4 atom stereocenters. The van der Waals surface area contributed by atoms with Gasteiger partial charge in [0.1, 0.15) is 6.67 Å². The van der Waals surface area contributed by atoms with Crippen LogP contribution in [0.4, 0.5) is 4.39 Å². The number of hydrogen-bond acceptors (Lipinski definition) is 4. The summed E-state index contributed by atoms with van der Waals surface area (Å²) in [5.41, 5.74) is 0.963. The molecule has 0 saturated carbocycles. The zero-order chi connectivity index (χ0) is 15.4. The Hall–Kier alpha value is -1.50. The number of rotatable bonds is 5. The Balaban J connectivity index is 2.16. The predicted molar refractivity (Wildman–Crippen MR) is 76.2 cm³/mol. The van der Waals surface area contributed by atoms with Crippen LogP contribution in [0.3, 0.4) is 0 Å². The van der Waals surface area contributed by atoms with E-state index in [1.807, 2.05) is 30.3 Å². The molecular formula is C15H21FN2O3. The minimum atomic E-state index is -1.16. The van der Waals surface area contributed by atoms with Crippen LogP contribution in [0, 0.1) is 0 Å². The van der Waals surface area contributed by atoms with Crippen LogP contribution >= 0.6 is 0 Å². The number of hydrogen-bond donors (Lipinski definition) is 3. The van der Waals surface area contributed by atoms with Gasteiger partial charge in [-0.1, -0.05) is 30.3 Å². The van der Waals surface area contributed by atoms with Crippen LogP contribution in [0.5, 0.6) is 0 Å². The highest BCUT2D eigenvalue weighted by molar-refractivity contribution is 5.72. The van der Waals surface area contributed by atoms with E-state index in [1.165, 1.54) is 6.92 Å². The van der Waals surface area contributed by atoms with Crippen molar-refractivity contribution in [2.45, 2.75) is 37.8 Å². The third-order valence-electron chi connectivity index (χ3n) is 3.92. The normalized spacial score (nSPS) is 29.5. The number of amides is 1. The van der Waals surface area contributed by atoms with Crippen LogP contribution in [0.1, 0.15) is 12.5 Å². The van der Waals surface area contributed by atoms with E-state index in [0.29, 0.717) is 6.54 Å². The summed E-state index contributed by atoms with van der Waals surface area (Å²) in [5.74, 6) is -0.222. The van der Waals surface area contributed by atoms with E-state index in [1.54, 1.807) is 4.90 Å². The van der Waals surface area contributed by atoms with Gasteiger partial charge in [0.05, 0.1) is 24.3 Å². The number of nitrogens with zero attached hydrogens (tertiary/aromatic N) is 1. The lowest BCUT2D eigenvalue weighted by molar-refractivity contribution is -0.119. The molecule has 0 spiro atoms. The van der Waals surface area contributed by atoms with Gasteiger partial charge in [0.2, 0.25) is 5.91 Å². The van der Waals surface area contributed by atoms with E-state index in [-0.39, 0.29) is 12.5 Å². The first-order valence-corrected chi connectivity index (χ1v) is 7.00. The summed E-state index contributed by atoms with van der Waals surface area (Å²) in [6.45, 7) is 1.22. The largest absolute Gasteiger partial charge is 0.389 e. The molecule has 6 heteroatoms. The topological polar surface area (TPSA) is 72.8 Å². The minimum Gasteiger partial charge on any atom is -0.389 e. The third kappa shape index (κ3) is 3.58. The lowest BCUT2D eigenvalue weighted by Gasteiger charge is -2.29. The molecule has 116 valence electrons. The highest BCUT2D eigenvalue weighted by Crippen LogP contribution is 2.27. The predicted octanol–water partition coefficient (Wildman–Crippen LogP) is 0.0668. The van der Waals surface area contributed by atoms with Gasteiger partial charge in [-0.3, -0.25) is 9.69 Å². The van der Waals surface area contributed by atoms with Crippen molar-refractivity contribution in [2.75, 3.05) is 13.2 Å². The molecule has 3 N–H and O–H groups in total. The van der Waals surface area contributed by atoms with E-state index in [9.17, 15) is 19.4 Å². The molecule has 1 aliphatic heterocycles. The molecule has 1 fully saturated rings. The summed E-state index contributed by atoms with van der Waals surface area (Å²) in [4.78, 5) is 12.8. The molecule has 1 saturated heterocycles. The average Bonchev–Trinajstić information content (AvgIpc) is 2.69. The van der Waals surface area contributed by atoms with E-state index < -0.39 is 31.0 Å². The molecule has 0 radical (unpaired) electrons. The maximum atomic E-state index is 13.2. The quantitative estimate of drug-likeness (QED) is 0.719. The van der Waals surface area contributed by atoms with Gasteiger partial charge in [-0.2, -0.15) is 0 Å². The molecule has 0 unspecified atom stereocenters. The number of carbonyl (C=O) groups is 1. The summed E-state index contributed by atoms with van der Waals surface area (Å²) < 4.78 is 13.2. The van der Waals surface area contributed by atoms with Crippen LogP contribution in [0.2, 0.25) is 0 Å². The van der Waals surface area contributed by atoms with Gasteiger partial charge in [-0.05, 0) is 5.56 Å². The van der Waals surface area contributed by atoms with Crippen LogP contribution in [0.25, 0.3) is 0 Å². The Bertz CT molecular complexity index is 471. The Kier molecular flexibility index (Phi) is 5.27. The SMILES string of the molecule is CC(=O)NC[C@@H]1[C@@H](O)[C@H](O)[C@@H](CF)N1Cc1ccccc1. The van der Waals surface area contributed by atoms with Crippen molar-refractivity contribution in [3.63, 3.8) is 0 Å². The van der Waals surface area contributed by atoms with Gasteiger partial charge in [-0.15, -0.1) is 0 Å². The zero-order valence-corrected chi connectivity index (χ0v) is 11.9. The first kappa shape index (κ1) is 15.9. The smallest absolute Gasteiger partial charge is 0.216 e. The van der Waals surface area contributed by atoms with E-state index in [4.69, 9.17) is 0 Å². The summed E-state index contributed by atoms with van der Waals surface area (Å²) in [6.07, 6.45) is -2.24. The Morgan fingerprint density at radius 2 is 1.86 bits per heavy atom. The number of nitrogens with one attached hydrogen (secondary N) is 1. The Labute approximate surface area is 123 Å². The van der Waals surface area contributed by atoms with E-state index in [2.05, 4.69) is 5.32 Å². The molecule has 1 heterocycles. The maximum Gasteiger partial charge on any atom is 0.216 e. The lowest BCUT2D eigenvalue weighted by atomic mass is 10.1. The number of likely N-dealkylation sites (tertiary alicyclic amines) is 1. The number of aliphatic hydroxyl groups is 2. The highest BCUT2D eigenvalue weighted by Gasteiger charge is 2.47. The van der Waals surface area contributed by atoms with Crippen molar-refractivity contribution in [3.8, 4) is 0 Å². The molecule has 0 bridgehead atoms. The van der Waals surface area contributed by atoms with Crippen molar-refractivity contribution < 1.29 is 19.4 Å². The second-order valence-electron chi connectivity index (χ2n) is 5.37. The third-order valence-corrected chi connectivity index (χ3v) is 3.92. The molecule has 1 amide bonds. The van der Waals surface area contributed by atoms with Crippen LogP contribution in [-0.4, -0.2) is 58.5 Å². The van der Waals surface area contributed by atoms with Crippen molar-refractivity contribution in [3.05, 3.63) is 35.9 Å². The zero-order valence-electron chi connectivity index (χ0n) is 11.9. The fourth-order valence-electron chi connectivity index (χ4n) is 2.79. The van der Waals surface area contributed by atoms with Crippen LogP contribution < -0.4 is 5.32 Å². The van der Waals surface area contributed by atoms with Crippen LogP contribution in [-0.2, 0) is 11.3 Å². The fraction of sp³-hybridized carbons (Fsp3) is 0.533. The second-order valence-corrected chi connectivity index (χ2v) is 5.37. The summed E-state index contributed by atoms with van der Waals surface area (Å²) in [5, 5.41) is 22.7. The van der Waals surface area contributed by atoms with Gasteiger partial charge >= 0.3 is 0 Å². The number of carbonyl (C=O) groups excluding carboxylic acids is 1.